The molecule has 9 rings (SSSR count). The van der Waals surface area contributed by atoms with Gasteiger partial charge in [-0.15, -0.1) is 0 Å². The lowest BCUT2D eigenvalue weighted by atomic mass is 9.78. The van der Waals surface area contributed by atoms with E-state index in [1.54, 1.807) is 4.90 Å². The van der Waals surface area contributed by atoms with E-state index in [0.29, 0.717) is 6.42 Å². The first-order chi connectivity index (χ1) is 25.8. The predicted molar refractivity (Wildman–Crippen MR) is 204 cm³/mol. The lowest BCUT2D eigenvalue weighted by molar-refractivity contribution is -0.134. The van der Waals surface area contributed by atoms with Gasteiger partial charge < -0.3 is 30.1 Å². The Kier molecular flexibility index (Phi) is 8.46. The number of aromatic amines is 1. The average molecular weight is 715 g/mol. The number of hydrogen-bond acceptors (Lipinski definition) is 9. The minimum Gasteiger partial charge on any atom is -0.369 e. The minimum atomic E-state index is -0.970. The van der Waals surface area contributed by atoms with Crippen LogP contribution in [0.2, 0.25) is 0 Å². The first-order valence-electron chi connectivity index (χ1n) is 19.0. The summed E-state index contributed by atoms with van der Waals surface area (Å²) in [6.45, 7) is 5.35. The lowest BCUT2D eigenvalue weighted by Gasteiger charge is -2.36. The van der Waals surface area contributed by atoms with Crippen LogP contribution >= 0.6 is 0 Å². The maximum atomic E-state index is 12.8. The molecule has 2 aromatic heterocycles. The Morgan fingerprint density at radius 3 is 2.51 bits per heavy atom. The Morgan fingerprint density at radius 2 is 1.74 bits per heavy atom. The number of imide groups is 1. The van der Waals surface area contributed by atoms with Crippen molar-refractivity contribution in [2.75, 3.05) is 61.0 Å². The van der Waals surface area contributed by atoms with Crippen molar-refractivity contribution in [3.8, 4) is 22.5 Å². The number of carbonyl (C=O) groups is 3. The van der Waals surface area contributed by atoms with Gasteiger partial charge in [-0.2, -0.15) is 0 Å². The van der Waals surface area contributed by atoms with Crippen molar-refractivity contribution < 1.29 is 19.5 Å². The number of nitrogens with one attached hydrogen (secondary N) is 3. The molecule has 53 heavy (non-hydrogen) atoms. The van der Waals surface area contributed by atoms with Crippen molar-refractivity contribution in [1.29, 1.82) is 0 Å². The quantitative estimate of drug-likeness (QED) is 0.210. The van der Waals surface area contributed by atoms with Crippen LogP contribution in [0.3, 0.4) is 0 Å². The van der Waals surface area contributed by atoms with Gasteiger partial charge in [-0.1, -0.05) is 37.1 Å². The number of aliphatic hydroxyl groups is 1. The summed E-state index contributed by atoms with van der Waals surface area (Å²) >= 11 is 0. The zero-order chi connectivity index (χ0) is 36.3. The van der Waals surface area contributed by atoms with Gasteiger partial charge in [0.15, 0.2) is 0 Å². The van der Waals surface area contributed by atoms with Gasteiger partial charge in [0.2, 0.25) is 18.2 Å². The SMILES string of the molecule is CN1c2c(CCN3CCN(c4ccc(-c5cc(-c6cc7c([nH]6)C6(CCCC6)CNC7=O)ccn5)cc4)CC3)cccc2N(C2CCC(=O)NC2=O)C1O. The van der Waals surface area contributed by atoms with Gasteiger partial charge in [0.25, 0.3) is 5.91 Å². The molecule has 1 spiro atoms. The van der Waals surface area contributed by atoms with Crippen molar-refractivity contribution in [1.82, 2.24) is 25.5 Å². The van der Waals surface area contributed by atoms with E-state index in [4.69, 9.17) is 4.98 Å². The lowest BCUT2D eigenvalue weighted by Crippen LogP contribution is -2.56. The Bertz CT molecular complexity index is 2060. The molecule has 4 aromatic rings. The van der Waals surface area contributed by atoms with Crippen molar-refractivity contribution >= 4 is 34.8 Å². The summed E-state index contributed by atoms with van der Waals surface area (Å²) in [5.74, 6) is -0.608. The molecule has 0 bridgehead atoms. The zero-order valence-corrected chi connectivity index (χ0v) is 30.1. The normalized spacial score (nSPS) is 22.6. The number of rotatable bonds is 7. The molecule has 274 valence electrons. The third kappa shape index (κ3) is 5.94. The van der Waals surface area contributed by atoms with Crippen LogP contribution in [0.25, 0.3) is 22.5 Å². The second-order valence-corrected chi connectivity index (χ2v) is 15.3. The summed E-state index contributed by atoms with van der Waals surface area (Å²) in [4.78, 5) is 54.1. The number of para-hydroxylation sites is 1. The minimum absolute atomic E-state index is 0.0127. The molecule has 2 atom stereocenters. The van der Waals surface area contributed by atoms with Gasteiger partial charge in [-0.05, 0) is 67.6 Å². The Balaban J connectivity index is 0.831. The first kappa shape index (κ1) is 33.6. The number of benzene rings is 2. The van der Waals surface area contributed by atoms with Crippen LogP contribution in [0.1, 0.15) is 60.1 Å². The molecular weight excluding hydrogens is 669 g/mol. The molecule has 4 N–H and O–H groups in total. The molecule has 0 radical (unpaired) electrons. The Labute approximate surface area is 309 Å². The highest BCUT2D eigenvalue weighted by Crippen LogP contribution is 2.45. The van der Waals surface area contributed by atoms with E-state index < -0.39 is 12.4 Å². The standard InChI is InChI=1S/C41H46N8O4/c1-46-36-27(5-4-6-33(36)49(40(46)53)34-11-12-35(50)45-39(34)52)14-18-47-19-21-48(22-20-47)29-9-7-26(8-10-29)31-23-28(13-17-42-31)32-24-30-37(44-32)41(15-2-3-16-41)25-43-38(30)51/h4-10,13,17,23-24,34,40,44,53H,2-3,11-12,14-16,18-22,25H2,1H3,(H,43,51)(H,45,50,52). The summed E-state index contributed by atoms with van der Waals surface area (Å²) in [5, 5.41) is 16.7. The van der Waals surface area contributed by atoms with Gasteiger partial charge in [-0.3, -0.25) is 29.6 Å². The fourth-order valence-electron chi connectivity index (χ4n) is 9.32. The van der Waals surface area contributed by atoms with Crippen LogP contribution in [0.5, 0.6) is 0 Å². The van der Waals surface area contributed by atoms with Crippen molar-refractivity contribution in [2.45, 2.75) is 62.8 Å². The highest BCUT2D eigenvalue weighted by Gasteiger charge is 2.44. The van der Waals surface area contributed by atoms with Crippen LogP contribution in [-0.4, -0.2) is 96.4 Å². The molecule has 4 aliphatic heterocycles. The van der Waals surface area contributed by atoms with Crippen LogP contribution in [-0.2, 0) is 21.4 Å². The Hall–Kier alpha value is -5.20. The van der Waals surface area contributed by atoms with Crippen LogP contribution in [0, 0.1) is 0 Å². The van der Waals surface area contributed by atoms with Crippen LogP contribution in [0.4, 0.5) is 17.1 Å². The van der Waals surface area contributed by atoms with Crippen molar-refractivity contribution in [3.05, 3.63) is 83.7 Å². The summed E-state index contributed by atoms with van der Waals surface area (Å²) in [6.07, 6.45) is 6.96. The van der Waals surface area contributed by atoms with E-state index in [-0.39, 0.29) is 29.6 Å². The molecule has 6 heterocycles. The summed E-state index contributed by atoms with van der Waals surface area (Å²) in [6, 6.07) is 20.2. The molecular formula is C41H46N8O4. The molecule has 2 unspecified atom stereocenters. The second-order valence-electron chi connectivity index (χ2n) is 15.3. The number of hydrogen-bond donors (Lipinski definition) is 4. The van der Waals surface area contributed by atoms with Gasteiger partial charge in [0, 0.05) is 92.6 Å². The highest BCUT2D eigenvalue weighted by molar-refractivity contribution is 6.02. The molecule has 1 aliphatic carbocycles. The summed E-state index contributed by atoms with van der Waals surface area (Å²) in [7, 11) is 1.86. The number of aromatic nitrogens is 2. The molecule has 1 saturated carbocycles. The van der Waals surface area contributed by atoms with Gasteiger partial charge >= 0.3 is 0 Å². The number of H-pyrrole nitrogens is 1. The van der Waals surface area contributed by atoms with E-state index >= 15 is 0 Å². The number of amides is 3. The van der Waals surface area contributed by atoms with E-state index in [2.05, 4.69) is 61.8 Å². The van der Waals surface area contributed by atoms with E-state index in [0.717, 1.165) is 109 Å². The first-order valence-corrected chi connectivity index (χ1v) is 19.0. The smallest absolute Gasteiger partial charge is 0.253 e. The molecule has 3 amide bonds. The predicted octanol–water partition coefficient (Wildman–Crippen LogP) is 4.00. The van der Waals surface area contributed by atoms with Crippen molar-refractivity contribution in [2.24, 2.45) is 0 Å². The van der Waals surface area contributed by atoms with Crippen molar-refractivity contribution in [3.63, 3.8) is 0 Å². The highest BCUT2D eigenvalue weighted by atomic mass is 16.3. The number of piperidine rings is 1. The number of anilines is 3. The number of nitrogens with zero attached hydrogens (tertiary/aromatic N) is 5. The summed E-state index contributed by atoms with van der Waals surface area (Å²) in [5.41, 5.74) is 9.97. The molecule has 12 heteroatoms. The monoisotopic (exact) mass is 714 g/mol. The number of pyridine rings is 1. The fraction of sp³-hybridized carbons (Fsp3) is 0.415. The third-order valence-corrected chi connectivity index (χ3v) is 12.3. The topological polar surface area (TPSA) is 137 Å². The third-order valence-electron chi connectivity index (χ3n) is 12.3. The molecule has 2 aromatic carbocycles. The zero-order valence-electron chi connectivity index (χ0n) is 30.1. The Morgan fingerprint density at radius 1 is 0.943 bits per heavy atom. The number of aliphatic hydroxyl groups excluding tert-OH is 1. The van der Waals surface area contributed by atoms with Crippen LogP contribution < -0.4 is 25.3 Å². The van der Waals surface area contributed by atoms with E-state index in [1.807, 2.05) is 42.4 Å². The number of piperazine rings is 1. The number of fused-ring (bicyclic) bond motifs is 3. The summed E-state index contributed by atoms with van der Waals surface area (Å²) < 4.78 is 0. The average Bonchev–Trinajstić information content (AvgIpc) is 3.91. The molecule has 5 aliphatic rings. The molecule has 2 saturated heterocycles. The number of carbonyl (C=O) groups excluding carboxylic acids is 3. The van der Waals surface area contributed by atoms with Gasteiger partial charge in [0.1, 0.15) is 6.04 Å². The fourth-order valence-corrected chi connectivity index (χ4v) is 9.32. The maximum Gasteiger partial charge on any atom is 0.253 e. The second kappa shape index (κ2) is 13.3. The van der Waals surface area contributed by atoms with Gasteiger partial charge in [-0.25, -0.2) is 0 Å². The van der Waals surface area contributed by atoms with E-state index in [9.17, 15) is 19.5 Å². The molecule has 3 fully saturated rings. The van der Waals surface area contributed by atoms with Gasteiger partial charge in [0.05, 0.1) is 22.6 Å². The maximum absolute atomic E-state index is 12.8. The van der Waals surface area contributed by atoms with E-state index in [1.165, 1.54) is 18.5 Å². The van der Waals surface area contributed by atoms with Crippen LogP contribution in [0.15, 0.2) is 66.9 Å². The molecule has 12 nitrogen and oxygen atoms in total. The largest absolute Gasteiger partial charge is 0.369 e.